The van der Waals surface area contributed by atoms with Crippen molar-refractivity contribution in [2.75, 3.05) is 0 Å². The van der Waals surface area contributed by atoms with E-state index in [-0.39, 0.29) is 23.3 Å². The number of aliphatic hydroxyl groups is 1. The lowest BCUT2D eigenvalue weighted by molar-refractivity contribution is -0.137. The third-order valence-electron chi connectivity index (χ3n) is 5.11. The first-order valence-electron chi connectivity index (χ1n) is 9.28. The number of alkyl halides is 3. The summed E-state index contributed by atoms with van der Waals surface area (Å²) in [6.07, 6.45) is 2.35. The number of carbonyl (C=O) groups is 2. The van der Waals surface area contributed by atoms with Crippen molar-refractivity contribution in [3.05, 3.63) is 76.7 Å². The molecule has 1 aliphatic rings. The van der Waals surface area contributed by atoms with Crippen LogP contribution in [0.4, 0.5) is 17.6 Å². The highest BCUT2D eigenvalue weighted by Crippen LogP contribution is 2.45. The molecule has 0 aromatic heterocycles. The average Bonchev–Trinajstić information content (AvgIpc) is 2.61. The molecular weight excluding hydrogens is 416 g/mol. The van der Waals surface area contributed by atoms with Crippen molar-refractivity contribution < 1.29 is 37.4 Å². The summed E-state index contributed by atoms with van der Waals surface area (Å²) in [5.74, 6) is -2.39. The number of benzene rings is 1. The third kappa shape index (κ3) is 5.58. The van der Waals surface area contributed by atoms with E-state index < -0.39 is 34.5 Å². The maximum absolute atomic E-state index is 14.1. The summed E-state index contributed by atoms with van der Waals surface area (Å²) >= 11 is 0. The summed E-state index contributed by atoms with van der Waals surface area (Å²) in [6, 6.07) is 1.95. The molecule has 0 saturated carbocycles. The minimum atomic E-state index is -4.66. The van der Waals surface area contributed by atoms with Gasteiger partial charge in [0, 0.05) is 23.5 Å². The highest BCUT2D eigenvalue weighted by Gasteiger charge is 2.47. The molecule has 1 aromatic carbocycles. The van der Waals surface area contributed by atoms with Gasteiger partial charge in [-0.15, -0.1) is 0 Å². The molecule has 2 rings (SSSR count). The second kappa shape index (κ2) is 8.63. The average molecular weight is 438 g/mol. The minimum Gasteiger partial charge on any atom is -0.478 e. The standard InChI is InChI=1S/C23H22F4O4/c1-14(10-20(29)30)8-9-22(31)16(12-18(28)13-21(22,2)3)5-4-15-11-17(23(25,26)27)6-7-19(15)24/h4-12,31H,13H2,1-3H3,(H,29,30)/b5-4+,9-8+,14-10-/t22-/m1/s1. The van der Waals surface area contributed by atoms with Gasteiger partial charge in [-0.05, 0) is 48.4 Å². The predicted molar refractivity (Wildman–Crippen MR) is 107 cm³/mol. The zero-order valence-electron chi connectivity index (χ0n) is 17.1. The van der Waals surface area contributed by atoms with Gasteiger partial charge >= 0.3 is 12.1 Å². The highest BCUT2D eigenvalue weighted by molar-refractivity contribution is 5.94. The van der Waals surface area contributed by atoms with Crippen LogP contribution >= 0.6 is 0 Å². The van der Waals surface area contributed by atoms with Gasteiger partial charge < -0.3 is 10.2 Å². The van der Waals surface area contributed by atoms with E-state index in [2.05, 4.69) is 0 Å². The molecule has 1 aliphatic carbocycles. The Kier molecular flexibility index (Phi) is 6.75. The van der Waals surface area contributed by atoms with Gasteiger partial charge in [0.05, 0.1) is 5.56 Å². The fourth-order valence-electron chi connectivity index (χ4n) is 3.31. The van der Waals surface area contributed by atoms with E-state index in [0.717, 1.165) is 18.2 Å². The molecule has 1 aromatic rings. The number of ketones is 1. The Morgan fingerprint density at radius 1 is 1.19 bits per heavy atom. The summed E-state index contributed by atoms with van der Waals surface area (Å²) in [4.78, 5) is 23.0. The molecule has 0 unspecified atom stereocenters. The fourth-order valence-corrected chi connectivity index (χ4v) is 3.31. The van der Waals surface area contributed by atoms with E-state index in [1.165, 1.54) is 25.2 Å². The van der Waals surface area contributed by atoms with Gasteiger partial charge in [-0.2, -0.15) is 13.2 Å². The van der Waals surface area contributed by atoms with E-state index >= 15 is 0 Å². The van der Waals surface area contributed by atoms with Crippen molar-refractivity contribution >= 4 is 17.8 Å². The molecule has 0 amide bonds. The Morgan fingerprint density at radius 3 is 2.42 bits per heavy atom. The number of rotatable bonds is 5. The molecule has 0 fully saturated rings. The van der Waals surface area contributed by atoms with Crippen LogP contribution in [-0.4, -0.2) is 27.6 Å². The van der Waals surface area contributed by atoms with Gasteiger partial charge in [0.2, 0.25) is 0 Å². The molecule has 2 N–H and O–H groups in total. The number of carboxylic acids is 1. The quantitative estimate of drug-likeness (QED) is 0.381. The lowest BCUT2D eigenvalue weighted by Gasteiger charge is -2.44. The van der Waals surface area contributed by atoms with Gasteiger partial charge in [0.25, 0.3) is 0 Å². The molecule has 8 heteroatoms. The topological polar surface area (TPSA) is 74.6 Å². The SMILES string of the molecule is CC(=C/C(=O)O)/C=C/[C@@]1(O)C(/C=C/c2cc(C(F)(F)F)ccc2F)=CC(=O)CC1(C)C. The maximum atomic E-state index is 14.1. The van der Waals surface area contributed by atoms with E-state index in [9.17, 15) is 32.3 Å². The summed E-state index contributed by atoms with van der Waals surface area (Å²) in [5.41, 5.74) is -3.81. The van der Waals surface area contributed by atoms with Gasteiger partial charge in [0.1, 0.15) is 11.4 Å². The van der Waals surface area contributed by atoms with Crippen LogP contribution in [0.2, 0.25) is 0 Å². The Balaban J connectivity index is 2.53. The highest BCUT2D eigenvalue weighted by atomic mass is 19.4. The van der Waals surface area contributed by atoms with E-state index in [1.54, 1.807) is 13.8 Å². The first-order valence-corrected chi connectivity index (χ1v) is 9.28. The molecule has 166 valence electrons. The molecular formula is C23H22F4O4. The van der Waals surface area contributed by atoms with E-state index in [0.29, 0.717) is 23.8 Å². The lowest BCUT2D eigenvalue weighted by atomic mass is 9.64. The zero-order valence-corrected chi connectivity index (χ0v) is 17.1. The predicted octanol–water partition coefficient (Wildman–Crippen LogP) is 5.10. The summed E-state index contributed by atoms with van der Waals surface area (Å²) in [6.45, 7) is 4.75. The molecule has 0 radical (unpaired) electrons. The molecule has 31 heavy (non-hydrogen) atoms. The lowest BCUT2D eigenvalue weighted by Crippen LogP contribution is -2.48. The maximum Gasteiger partial charge on any atom is 0.416 e. The first kappa shape index (κ1) is 24.3. The number of carboxylic acid groups (broad SMARTS) is 1. The first-order chi connectivity index (χ1) is 14.2. The third-order valence-corrected chi connectivity index (χ3v) is 5.11. The van der Waals surface area contributed by atoms with E-state index in [4.69, 9.17) is 5.11 Å². The van der Waals surface area contributed by atoms with Crippen LogP contribution in [0.1, 0.15) is 38.3 Å². The van der Waals surface area contributed by atoms with Crippen molar-refractivity contribution in [2.24, 2.45) is 5.41 Å². The van der Waals surface area contributed by atoms with Crippen molar-refractivity contribution in [2.45, 2.75) is 39.0 Å². The van der Waals surface area contributed by atoms with Crippen molar-refractivity contribution in [1.29, 1.82) is 0 Å². The van der Waals surface area contributed by atoms with Gasteiger partial charge in [-0.25, -0.2) is 9.18 Å². The number of hydrogen-bond acceptors (Lipinski definition) is 3. The van der Waals surface area contributed by atoms with Crippen LogP contribution in [0.3, 0.4) is 0 Å². The summed E-state index contributed by atoms with van der Waals surface area (Å²) < 4.78 is 52.9. The minimum absolute atomic E-state index is 0.0230. The number of halogens is 4. The molecule has 0 saturated heterocycles. The second-order valence-electron chi connectivity index (χ2n) is 8.02. The van der Waals surface area contributed by atoms with Crippen molar-refractivity contribution in [3.8, 4) is 0 Å². The number of carbonyl (C=O) groups excluding carboxylic acids is 1. The van der Waals surface area contributed by atoms with Crippen LogP contribution in [0.25, 0.3) is 6.08 Å². The zero-order chi connectivity index (χ0) is 23.6. The van der Waals surface area contributed by atoms with Crippen LogP contribution in [-0.2, 0) is 15.8 Å². The Morgan fingerprint density at radius 2 is 1.84 bits per heavy atom. The normalized spacial score (nSPS) is 22.3. The Bertz CT molecular complexity index is 1010. The number of aliphatic carboxylic acids is 1. The van der Waals surface area contributed by atoms with Crippen molar-refractivity contribution in [3.63, 3.8) is 0 Å². The summed E-state index contributed by atoms with van der Waals surface area (Å²) in [5, 5.41) is 20.2. The molecule has 0 spiro atoms. The smallest absolute Gasteiger partial charge is 0.416 e. The van der Waals surface area contributed by atoms with Gasteiger partial charge in [-0.3, -0.25) is 4.79 Å². The molecule has 1 atom stereocenters. The van der Waals surface area contributed by atoms with Crippen LogP contribution in [0.5, 0.6) is 0 Å². The summed E-state index contributed by atoms with van der Waals surface area (Å²) in [7, 11) is 0. The van der Waals surface area contributed by atoms with Gasteiger partial charge in [-0.1, -0.05) is 32.1 Å². The molecule has 4 nitrogen and oxygen atoms in total. The van der Waals surface area contributed by atoms with E-state index in [1.807, 2.05) is 0 Å². The fraction of sp³-hybridized carbons (Fsp3) is 0.304. The molecule has 0 heterocycles. The monoisotopic (exact) mass is 438 g/mol. The van der Waals surface area contributed by atoms with Crippen LogP contribution < -0.4 is 0 Å². The molecule has 0 bridgehead atoms. The number of hydrogen-bond donors (Lipinski definition) is 2. The van der Waals surface area contributed by atoms with Crippen molar-refractivity contribution in [1.82, 2.24) is 0 Å². The number of allylic oxidation sites excluding steroid dienone is 3. The van der Waals surface area contributed by atoms with Crippen LogP contribution in [0.15, 0.2) is 59.7 Å². The molecule has 0 aliphatic heterocycles. The van der Waals surface area contributed by atoms with Crippen LogP contribution in [0, 0.1) is 11.2 Å². The van der Waals surface area contributed by atoms with Gasteiger partial charge in [0.15, 0.2) is 5.78 Å². The second-order valence-corrected chi connectivity index (χ2v) is 8.02. The Labute approximate surface area is 176 Å². The Hall–Kier alpha value is -3.00. The largest absolute Gasteiger partial charge is 0.478 e.